The van der Waals surface area contributed by atoms with Crippen molar-refractivity contribution in [2.24, 2.45) is 11.8 Å². The van der Waals surface area contributed by atoms with E-state index in [-0.39, 0.29) is 13.1 Å². The average molecular weight is 365 g/mol. The van der Waals surface area contributed by atoms with Crippen molar-refractivity contribution in [1.82, 2.24) is 4.90 Å². The van der Waals surface area contributed by atoms with Crippen LogP contribution in [0, 0.1) is 18.8 Å². The molecule has 1 aliphatic rings. The highest BCUT2D eigenvalue weighted by molar-refractivity contribution is 6.31. The van der Waals surface area contributed by atoms with Crippen LogP contribution in [-0.2, 0) is 9.59 Å². The smallest absolute Gasteiger partial charge is 0.393 e. The van der Waals surface area contributed by atoms with Crippen LogP contribution >= 0.6 is 11.6 Å². The highest BCUT2D eigenvalue weighted by Crippen LogP contribution is 2.37. The van der Waals surface area contributed by atoms with E-state index < -0.39 is 36.4 Å². The van der Waals surface area contributed by atoms with Crippen molar-refractivity contribution in [2.75, 3.05) is 25.0 Å². The number of carboxylic acids is 1. The van der Waals surface area contributed by atoms with Crippen molar-refractivity contribution >= 4 is 29.2 Å². The molecule has 0 radical (unpaired) electrons. The third-order valence-corrected chi connectivity index (χ3v) is 4.36. The second-order valence-corrected chi connectivity index (χ2v) is 6.21. The summed E-state index contributed by atoms with van der Waals surface area (Å²) in [7, 11) is 0. The summed E-state index contributed by atoms with van der Waals surface area (Å²) in [5, 5.41) is 11.9. The van der Waals surface area contributed by atoms with E-state index in [1.54, 1.807) is 19.1 Å². The lowest BCUT2D eigenvalue weighted by Gasteiger charge is -2.18. The quantitative estimate of drug-likeness (QED) is 0.862. The number of aryl methyl sites for hydroxylation is 1. The van der Waals surface area contributed by atoms with Gasteiger partial charge in [0.15, 0.2) is 0 Å². The molecule has 2 N–H and O–H groups in total. The number of rotatable bonds is 4. The molecule has 0 bridgehead atoms. The zero-order valence-electron chi connectivity index (χ0n) is 12.7. The molecular weight excluding hydrogens is 349 g/mol. The third kappa shape index (κ3) is 4.39. The van der Waals surface area contributed by atoms with Crippen LogP contribution in [0.3, 0.4) is 0 Å². The van der Waals surface area contributed by atoms with Gasteiger partial charge in [0.1, 0.15) is 0 Å². The topological polar surface area (TPSA) is 69.6 Å². The lowest BCUT2D eigenvalue weighted by atomic mass is 9.96. The van der Waals surface area contributed by atoms with Crippen LogP contribution in [0.15, 0.2) is 18.2 Å². The van der Waals surface area contributed by atoms with E-state index in [4.69, 9.17) is 16.7 Å². The molecule has 1 heterocycles. The minimum Gasteiger partial charge on any atom is -0.481 e. The number of hydrogen-bond donors (Lipinski definition) is 2. The number of hydrogen-bond acceptors (Lipinski definition) is 3. The second-order valence-electron chi connectivity index (χ2n) is 5.80. The first-order valence-corrected chi connectivity index (χ1v) is 7.53. The molecule has 5 nitrogen and oxygen atoms in total. The summed E-state index contributed by atoms with van der Waals surface area (Å²) in [6.07, 6.45) is -4.61. The van der Waals surface area contributed by atoms with Gasteiger partial charge in [-0.15, -0.1) is 0 Å². The molecule has 0 spiro atoms. The van der Waals surface area contributed by atoms with E-state index in [0.717, 1.165) is 5.56 Å². The lowest BCUT2D eigenvalue weighted by Crippen LogP contribution is -2.34. The SMILES string of the molecule is Cc1ccc(NC(=O)CN2C[C@@H](C(F)(F)F)[C@H](C(=O)O)C2)cc1Cl. The summed E-state index contributed by atoms with van der Waals surface area (Å²) in [4.78, 5) is 24.2. The van der Waals surface area contributed by atoms with E-state index in [1.807, 2.05) is 0 Å². The van der Waals surface area contributed by atoms with Gasteiger partial charge >= 0.3 is 12.1 Å². The fourth-order valence-corrected chi connectivity index (χ4v) is 2.85. The number of benzene rings is 1. The largest absolute Gasteiger partial charge is 0.481 e. The monoisotopic (exact) mass is 364 g/mol. The molecule has 1 aliphatic heterocycles. The summed E-state index contributed by atoms with van der Waals surface area (Å²) in [6.45, 7) is 0.646. The van der Waals surface area contributed by atoms with E-state index in [0.29, 0.717) is 10.7 Å². The number of nitrogens with one attached hydrogen (secondary N) is 1. The number of carboxylic acid groups (broad SMARTS) is 1. The number of carbonyl (C=O) groups is 2. The Morgan fingerprint density at radius 1 is 1.38 bits per heavy atom. The van der Waals surface area contributed by atoms with Gasteiger partial charge in [0, 0.05) is 23.8 Å². The summed E-state index contributed by atoms with van der Waals surface area (Å²) < 4.78 is 38.7. The van der Waals surface area contributed by atoms with Gasteiger partial charge in [-0.05, 0) is 24.6 Å². The molecule has 1 aromatic carbocycles. The maximum absolute atomic E-state index is 12.9. The van der Waals surface area contributed by atoms with E-state index in [1.165, 1.54) is 11.0 Å². The molecule has 0 unspecified atom stereocenters. The molecule has 9 heteroatoms. The van der Waals surface area contributed by atoms with Gasteiger partial charge < -0.3 is 10.4 Å². The fraction of sp³-hybridized carbons (Fsp3) is 0.467. The molecule has 1 saturated heterocycles. The Morgan fingerprint density at radius 2 is 2.04 bits per heavy atom. The molecule has 132 valence electrons. The number of likely N-dealkylation sites (tertiary alicyclic amines) is 1. The zero-order chi connectivity index (χ0) is 18.1. The van der Waals surface area contributed by atoms with Crippen LogP contribution in [0.1, 0.15) is 5.56 Å². The summed E-state index contributed by atoms with van der Waals surface area (Å²) in [5.41, 5.74) is 1.25. The van der Waals surface area contributed by atoms with Crippen molar-refractivity contribution < 1.29 is 27.9 Å². The fourth-order valence-electron chi connectivity index (χ4n) is 2.67. The Morgan fingerprint density at radius 3 is 2.54 bits per heavy atom. The van der Waals surface area contributed by atoms with Crippen molar-refractivity contribution in [3.05, 3.63) is 28.8 Å². The van der Waals surface area contributed by atoms with Gasteiger partial charge in [0.2, 0.25) is 5.91 Å². The van der Waals surface area contributed by atoms with Crippen molar-refractivity contribution in [3.63, 3.8) is 0 Å². The normalized spacial score (nSPS) is 21.7. The highest BCUT2D eigenvalue weighted by Gasteiger charge is 2.52. The van der Waals surface area contributed by atoms with E-state index in [2.05, 4.69) is 5.32 Å². The number of amides is 1. The Bertz CT molecular complexity index is 651. The average Bonchev–Trinajstić information content (AvgIpc) is 2.87. The Labute approximate surface area is 141 Å². The summed E-state index contributed by atoms with van der Waals surface area (Å²) in [6, 6.07) is 4.87. The molecule has 1 aromatic rings. The van der Waals surface area contributed by atoms with Crippen LogP contribution in [0.5, 0.6) is 0 Å². The van der Waals surface area contributed by atoms with Gasteiger partial charge in [-0.3, -0.25) is 14.5 Å². The number of alkyl halides is 3. The Kier molecular flexibility index (Phi) is 5.39. The third-order valence-electron chi connectivity index (χ3n) is 3.96. The van der Waals surface area contributed by atoms with Gasteiger partial charge in [0.05, 0.1) is 18.4 Å². The molecule has 2 rings (SSSR count). The molecule has 1 fully saturated rings. The first kappa shape index (κ1) is 18.5. The van der Waals surface area contributed by atoms with Crippen LogP contribution < -0.4 is 5.32 Å². The molecule has 2 atom stereocenters. The van der Waals surface area contributed by atoms with Crippen molar-refractivity contribution in [3.8, 4) is 0 Å². The van der Waals surface area contributed by atoms with Gasteiger partial charge in [-0.1, -0.05) is 17.7 Å². The predicted molar refractivity (Wildman–Crippen MR) is 81.9 cm³/mol. The van der Waals surface area contributed by atoms with Gasteiger partial charge in [0.25, 0.3) is 0 Å². The minimum atomic E-state index is -4.61. The molecule has 0 saturated carbocycles. The lowest BCUT2D eigenvalue weighted by molar-refractivity contribution is -0.188. The maximum atomic E-state index is 12.9. The number of halogens is 4. The first-order valence-electron chi connectivity index (χ1n) is 7.16. The Hall–Kier alpha value is -1.80. The van der Waals surface area contributed by atoms with Gasteiger partial charge in [-0.25, -0.2) is 0 Å². The predicted octanol–water partition coefficient (Wildman–Crippen LogP) is 2.78. The Balaban J connectivity index is 1.99. The van der Waals surface area contributed by atoms with Gasteiger partial charge in [-0.2, -0.15) is 13.2 Å². The summed E-state index contributed by atoms with van der Waals surface area (Å²) in [5.74, 6) is -5.57. The minimum absolute atomic E-state index is 0.318. The van der Waals surface area contributed by atoms with Crippen molar-refractivity contribution in [1.29, 1.82) is 0 Å². The second kappa shape index (κ2) is 6.98. The number of anilines is 1. The summed E-state index contributed by atoms with van der Waals surface area (Å²) >= 11 is 5.94. The molecular formula is C15H16ClF3N2O3. The molecule has 1 amide bonds. The molecule has 0 aromatic heterocycles. The van der Waals surface area contributed by atoms with E-state index in [9.17, 15) is 22.8 Å². The standard InChI is InChI=1S/C15H16ClF3N2O3/c1-8-2-3-9(4-12(8)16)20-13(22)7-21-5-10(14(23)24)11(6-21)15(17,18)19/h2-4,10-11H,5-7H2,1H3,(H,20,22)(H,23,24)/t10-,11-/m1/s1. The van der Waals surface area contributed by atoms with Crippen molar-refractivity contribution in [2.45, 2.75) is 13.1 Å². The van der Waals surface area contributed by atoms with Crippen LogP contribution in [0.4, 0.5) is 18.9 Å². The maximum Gasteiger partial charge on any atom is 0.393 e. The zero-order valence-corrected chi connectivity index (χ0v) is 13.5. The number of aliphatic carboxylic acids is 1. The van der Waals surface area contributed by atoms with Crippen LogP contribution in [-0.4, -0.2) is 47.7 Å². The molecule has 24 heavy (non-hydrogen) atoms. The number of nitrogens with zero attached hydrogens (tertiary/aromatic N) is 1. The van der Waals surface area contributed by atoms with Crippen LogP contribution in [0.25, 0.3) is 0 Å². The molecule has 0 aliphatic carbocycles. The first-order chi connectivity index (χ1) is 11.1. The highest BCUT2D eigenvalue weighted by atomic mass is 35.5. The van der Waals surface area contributed by atoms with Crippen LogP contribution in [0.2, 0.25) is 5.02 Å². The number of carbonyl (C=O) groups excluding carboxylic acids is 1. The van der Waals surface area contributed by atoms with E-state index >= 15 is 0 Å².